The molecule has 0 bridgehead atoms. The molecule has 0 radical (unpaired) electrons. The number of nitrogens with zero attached hydrogens (tertiary/aromatic N) is 2. The van der Waals surface area contributed by atoms with Gasteiger partial charge < -0.3 is 5.73 Å². The Labute approximate surface area is 111 Å². The Morgan fingerprint density at radius 2 is 1.72 bits per heavy atom. The van der Waals surface area contributed by atoms with Crippen LogP contribution in [0.4, 0.5) is 0 Å². The largest absolute Gasteiger partial charge is 0.329 e. The number of unbranched alkanes of at least 4 members (excludes halogenated alkanes) is 1. The SMILES string of the molecule is CCCCS(=O)(=O)N1CCN(C(C)(C)CN)CC1. The molecule has 1 fully saturated rings. The molecule has 1 aliphatic rings. The predicted octanol–water partition coefficient (Wildman–Crippen LogP) is 0.471. The second-order valence-electron chi connectivity index (χ2n) is 5.57. The maximum Gasteiger partial charge on any atom is 0.214 e. The monoisotopic (exact) mass is 277 g/mol. The summed E-state index contributed by atoms with van der Waals surface area (Å²) < 4.78 is 25.7. The second kappa shape index (κ2) is 6.32. The molecule has 2 N–H and O–H groups in total. The Balaban J connectivity index is 2.54. The van der Waals surface area contributed by atoms with E-state index >= 15 is 0 Å². The van der Waals surface area contributed by atoms with Crippen LogP contribution in [0.25, 0.3) is 0 Å². The van der Waals surface area contributed by atoms with Crippen LogP contribution >= 0.6 is 0 Å². The average Bonchev–Trinajstić information content (AvgIpc) is 2.36. The molecule has 18 heavy (non-hydrogen) atoms. The van der Waals surface area contributed by atoms with Gasteiger partial charge in [-0.25, -0.2) is 8.42 Å². The minimum absolute atomic E-state index is 0.0424. The lowest BCUT2D eigenvalue weighted by Gasteiger charge is -2.43. The smallest absolute Gasteiger partial charge is 0.214 e. The van der Waals surface area contributed by atoms with Crippen molar-refractivity contribution in [2.24, 2.45) is 5.73 Å². The van der Waals surface area contributed by atoms with Crippen molar-refractivity contribution in [1.82, 2.24) is 9.21 Å². The van der Waals surface area contributed by atoms with E-state index < -0.39 is 10.0 Å². The Morgan fingerprint density at radius 3 is 2.17 bits per heavy atom. The Bertz CT molecular complexity index is 346. The van der Waals surface area contributed by atoms with Crippen molar-refractivity contribution in [2.45, 2.75) is 39.2 Å². The van der Waals surface area contributed by atoms with Gasteiger partial charge in [0, 0.05) is 38.3 Å². The van der Waals surface area contributed by atoms with E-state index in [9.17, 15) is 8.42 Å². The average molecular weight is 277 g/mol. The van der Waals surface area contributed by atoms with Gasteiger partial charge >= 0.3 is 0 Å². The summed E-state index contributed by atoms with van der Waals surface area (Å²) in [5.74, 6) is 0.282. The molecule has 1 aliphatic heterocycles. The highest BCUT2D eigenvalue weighted by Gasteiger charge is 2.32. The molecule has 0 unspecified atom stereocenters. The zero-order chi connectivity index (χ0) is 13.8. The van der Waals surface area contributed by atoms with Crippen molar-refractivity contribution >= 4 is 10.0 Å². The summed E-state index contributed by atoms with van der Waals surface area (Å²) in [6.07, 6.45) is 1.66. The van der Waals surface area contributed by atoms with E-state index in [2.05, 4.69) is 18.7 Å². The molecular formula is C12H27N3O2S. The lowest BCUT2D eigenvalue weighted by molar-refractivity contribution is 0.0850. The van der Waals surface area contributed by atoms with Crippen LogP contribution in [-0.2, 0) is 10.0 Å². The molecule has 0 aromatic carbocycles. The highest BCUT2D eigenvalue weighted by atomic mass is 32.2. The van der Waals surface area contributed by atoms with E-state index in [0.29, 0.717) is 19.6 Å². The fourth-order valence-corrected chi connectivity index (χ4v) is 3.79. The van der Waals surface area contributed by atoms with Gasteiger partial charge in [-0.05, 0) is 20.3 Å². The first-order valence-electron chi connectivity index (χ1n) is 6.76. The van der Waals surface area contributed by atoms with E-state index in [0.717, 1.165) is 25.9 Å². The van der Waals surface area contributed by atoms with Crippen molar-refractivity contribution in [3.63, 3.8) is 0 Å². The molecule has 0 amide bonds. The fraction of sp³-hybridized carbons (Fsp3) is 1.00. The van der Waals surface area contributed by atoms with Gasteiger partial charge in [0.2, 0.25) is 10.0 Å². The van der Waals surface area contributed by atoms with Gasteiger partial charge in [-0.2, -0.15) is 4.31 Å². The quantitative estimate of drug-likeness (QED) is 0.766. The third kappa shape index (κ3) is 3.91. The van der Waals surface area contributed by atoms with Gasteiger partial charge in [0.25, 0.3) is 0 Å². The van der Waals surface area contributed by atoms with Crippen molar-refractivity contribution in [3.05, 3.63) is 0 Å². The predicted molar refractivity (Wildman–Crippen MR) is 75.0 cm³/mol. The van der Waals surface area contributed by atoms with Crippen LogP contribution in [0.5, 0.6) is 0 Å². The molecule has 0 spiro atoms. The number of sulfonamides is 1. The van der Waals surface area contributed by atoms with Crippen LogP contribution in [0.3, 0.4) is 0 Å². The standard InChI is InChI=1S/C12H27N3O2S/c1-4-5-10-18(16,17)15-8-6-14(7-9-15)12(2,3)11-13/h4-11,13H2,1-3H3. The molecule has 0 aromatic heterocycles. The van der Waals surface area contributed by atoms with Crippen LogP contribution in [0.15, 0.2) is 0 Å². The fourth-order valence-electron chi connectivity index (χ4n) is 2.16. The number of nitrogens with two attached hydrogens (primary N) is 1. The van der Waals surface area contributed by atoms with Gasteiger partial charge in [-0.3, -0.25) is 4.90 Å². The molecule has 1 heterocycles. The topological polar surface area (TPSA) is 66.6 Å². The van der Waals surface area contributed by atoms with Gasteiger partial charge in [-0.15, -0.1) is 0 Å². The molecule has 5 nitrogen and oxygen atoms in total. The van der Waals surface area contributed by atoms with E-state index in [1.165, 1.54) is 0 Å². The highest BCUT2D eigenvalue weighted by molar-refractivity contribution is 7.89. The van der Waals surface area contributed by atoms with Crippen molar-refractivity contribution in [3.8, 4) is 0 Å². The van der Waals surface area contributed by atoms with Crippen molar-refractivity contribution in [1.29, 1.82) is 0 Å². The summed E-state index contributed by atoms with van der Waals surface area (Å²) in [6.45, 7) is 9.55. The van der Waals surface area contributed by atoms with Crippen molar-refractivity contribution < 1.29 is 8.42 Å². The Hall–Kier alpha value is -0.170. The molecule has 0 saturated carbocycles. The van der Waals surface area contributed by atoms with Crippen molar-refractivity contribution in [2.75, 3.05) is 38.5 Å². The van der Waals surface area contributed by atoms with Crippen LogP contribution in [0.1, 0.15) is 33.6 Å². The minimum atomic E-state index is -3.05. The van der Waals surface area contributed by atoms with Gasteiger partial charge in [0.15, 0.2) is 0 Å². The first kappa shape index (κ1) is 15.9. The van der Waals surface area contributed by atoms with Crippen LogP contribution in [-0.4, -0.2) is 61.6 Å². The van der Waals surface area contributed by atoms with Gasteiger partial charge in [-0.1, -0.05) is 13.3 Å². The summed E-state index contributed by atoms with van der Waals surface area (Å²) in [5.41, 5.74) is 5.71. The summed E-state index contributed by atoms with van der Waals surface area (Å²) in [6, 6.07) is 0. The maximum absolute atomic E-state index is 12.1. The van der Waals surface area contributed by atoms with Gasteiger partial charge in [0.1, 0.15) is 0 Å². The summed E-state index contributed by atoms with van der Waals surface area (Å²) in [5, 5.41) is 0. The van der Waals surface area contributed by atoms with E-state index in [1.807, 2.05) is 6.92 Å². The third-order valence-electron chi connectivity index (χ3n) is 3.74. The Kier molecular flexibility index (Phi) is 5.58. The summed E-state index contributed by atoms with van der Waals surface area (Å²) in [4.78, 5) is 2.28. The molecule has 1 saturated heterocycles. The zero-order valence-corrected chi connectivity index (χ0v) is 12.7. The zero-order valence-electron chi connectivity index (χ0n) is 11.9. The lowest BCUT2D eigenvalue weighted by atomic mass is 10.0. The number of piperazine rings is 1. The second-order valence-corrected chi connectivity index (χ2v) is 7.66. The summed E-state index contributed by atoms with van der Waals surface area (Å²) >= 11 is 0. The summed E-state index contributed by atoms with van der Waals surface area (Å²) in [7, 11) is -3.05. The first-order chi connectivity index (χ1) is 8.33. The third-order valence-corrected chi connectivity index (χ3v) is 5.70. The van der Waals surface area contributed by atoms with Gasteiger partial charge in [0.05, 0.1) is 5.75 Å². The maximum atomic E-state index is 12.1. The first-order valence-corrected chi connectivity index (χ1v) is 8.37. The highest BCUT2D eigenvalue weighted by Crippen LogP contribution is 2.17. The molecule has 0 aromatic rings. The molecule has 1 rings (SSSR count). The van der Waals surface area contributed by atoms with E-state index in [4.69, 9.17) is 5.73 Å². The van der Waals surface area contributed by atoms with Crippen LogP contribution in [0.2, 0.25) is 0 Å². The van der Waals surface area contributed by atoms with E-state index in [-0.39, 0.29) is 11.3 Å². The number of hydrogen-bond acceptors (Lipinski definition) is 4. The Morgan fingerprint density at radius 1 is 1.17 bits per heavy atom. The van der Waals surface area contributed by atoms with Crippen LogP contribution < -0.4 is 5.73 Å². The lowest BCUT2D eigenvalue weighted by Crippen LogP contribution is -2.58. The van der Waals surface area contributed by atoms with Crippen LogP contribution in [0, 0.1) is 0 Å². The molecule has 0 aliphatic carbocycles. The minimum Gasteiger partial charge on any atom is -0.329 e. The number of rotatable bonds is 6. The molecular weight excluding hydrogens is 250 g/mol. The molecule has 0 atom stereocenters. The molecule has 108 valence electrons. The number of hydrogen-bond donors (Lipinski definition) is 1. The van der Waals surface area contributed by atoms with E-state index in [1.54, 1.807) is 4.31 Å². The molecule has 6 heteroatoms. The normalized spacial score (nSPS) is 20.2.